The zero-order valence-electron chi connectivity index (χ0n) is 15.7. The third-order valence-electron chi connectivity index (χ3n) is 4.52. The van der Waals surface area contributed by atoms with Crippen molar-refractivity contribution >= 4 is 0 Å². The first kappa shape index (κ1) is 18.5. The molecule has 3 nitrogen and oxygen atoms in total. The second-order valence-corrected chi connectivity index (χ2v) is 6.66. The highest BCUT2D eigenvalue weighted by atomic mass is 16.5. The molecule has 0 aromatic heterocycles. The molecule has 0 saturated carbocycles. The Bertz CT molecular complexity index is 713. The first-order valence-corrected chi connectivity index (χ1v) is 9.65. The summed E-state index contributed by atoms with van der Waals surface area (Å²) < 4.78 is 12.2. The van der Waals surface area contributed by atoms with Crippen LogP contribution >= 0.6 is 0 Å². The van der Waals surface area contributed by atoms with Crippen LogP contribution in [-0.2, 0) is 6.54 Å². The van der Waals surface area contributed by atoms with E-state index < -0.39 is 0 Å². The molecule has 0 radical (unpaired) electrons. The van der Waals surface area contributed by atoms with Gasteiger partial charge in [0.05, 0.1) is 0 Å². The lowest BCUT2D eigenvalue weighted by Crippen LogP contribution is -2.12. The molecule has 2 aliphatic carbocycles. The van der Waals surface area contributed by atoms with Gasteiger partial charge in [-0.3, -0.25) is 0 Å². The van der Waals surface area contributed by atoms with Crippen LogP contribution in [0.3, 0.4) is 0 Å². The number of allylic oxidation sites excluding steroid dienone is 4. The SMILES string of the molecule is CCNCc1ccc(OCC2=CCCC=C2)c(OCC2=CCCC=C2)c1. The van der Waals surface area contributed by atoms with Crippen LogP contribution in [0.25, 0.3) is 0 Å². The van der Waals surface area contributed by atoms with Crippen molar-refractivity contribution in [2.24, 2.45) is 0 Å². The van der Waals surface area contributed by atoms with E-state index in [1.807, 2.05) is 6.07 Å². The Labute approximate surface area is 157 Å². The van der Waals surface area contributed by atoms with Crippen molar-refractivity contribution < 1.29 is 9.47 Å². The van der Waals surface area contributed by atoms with Gasteiger partial charge >= 0.3 is 0 Å². The van der Waals surface area contributed by atoms with E-state index in [0.29, 0.717) is 13.2 Å². The third-order valence-corrected chi connectivity index (χ3v) is 4.52. The average molecular weight is 351 g/mol. The molecule has 0 unspecified atom stereocenters. The van der Waals surface area contributed by atoms with Crippen molar-refractivity contribution in [2.75, 3.05) is 19.8 Å². The molecule has 138 valence electrons. The molecule has 0 fully saturated rings. The third kappa shape index (κ3) is 5.63. The second-order valence-electron chi connectivity index (χ2n) is 6.66. The van der Waals surface area contributed by atoms with Gasteiger partial charge in [-0.2, -0.15) is 0 Å². The Morgan fingerprint density at radius 3 is 2.08 bits per heavy atom. The van der Waals surface area contributed by atoms with Gasteiger partial charge in [0.15, 0.2) is 11.5 Å². The molecule has 2 aliphatic rings. The van der Waals surface area contributed by atoms with E-state index in [4.69, 9.17) is 9.47 Å². The maximum absolute atomic E-state index is 6.13. The summed E-state index contributed by atoms with van der Waals surface area (Å²) in [7, 11) is 0. The highest BCUT2D eigenvalue weighted by Crippen LogP contribution is 2.30. The monoisotopic (exact) mass is 351 g/mol. The fraction of sp³-hybridized carbons (Fsp3) is 0.391. The Kier molecular flexibility index (Phi) is 7.15. The van der Waals surface area contributed by atoms with Gasteiger partial charge in [-0.25, -0.2) is 0 Å². The van der Waals surface area contributed by atoms with Crippen molar-refractivity contribution in [1.82, 2.24) is 5.32 Å². The fourth-order valence-electron chi connectivity index (χ4n) is 3.04. The molecule has 1 N–H and O–H groups in total. The number of rotatable bonds is 9. The van der Waals surface area contributed by atoms with Crippen molar-refractivity contribution in [1.29, 1.82) is 0 Å². The van der Waals surface area contributed by atoms with E-state index in [9.17, 15) is 0 Å². The minimum absolute atomic E-state index is 0.583. The minimum atomic E-state index is 0.583. The Morgan fingerprint density at radius 2 is 1.50 bits per heavy atom. The molecule has 1 aromatic rings. The fourth-order valence-corrected chi connectivity index (χ4v) is 3.04. The van der Waals surface area contributed by atoms with E-state index in [2.05, 4.69) is 60.8 Å². The van der Waals surface area contributed by atoms with Crippen LogP contribution in [0.2, 0.25) is 0 Å². The first-order valence-electron chi connectivity index (χ1n) is 9.65. The number of ether oxygens (including phenoxy) is 2. The summed E-state index contributed by atoms with van der Waals surface area (Å²) in [5.74, 6) is 1.63. The van der Waals surface area contributed by atoms with Gasteiger partial charge in [-0.05, 0) is 61.1 Å². The maximum atomic E-state index is 6.13. The molecule has 3 rings (SSSR count). The smallest absolute Gasteiger partial charge is 0.162 e. The topological polar surface area (TPSA) is 30.5 Å². The molecule has 0 aliphatic heterocycles. The van der Waals surface area contributed by atoms with E-state index in [1.165, 1.54) is 16.7 Å². The van der Waals surface area contributed by atoms with Crippen LogP contribution in [-0.4, -0.2) is 19.8 Å². The predicted molar refractivity (Wildman–Crippen MR) is 108 cm³/mol. The van der Waals surface area contributed by atoms with Crippen LogP contribution in [0.15, 0.2) is 65.8 Å². The lowest BCUT2D eigenvalue weighted by Gasteiger charge is -2.16. The summed E-state index contributed by atoms with van der Waals surface area (Å²) >= 11 is 0. The van der Waals surface area contributed by atoms with Gasteiger partial charge in [0.1, 0.15) is 13.2 Å². The zero-order chi connectivity index (χ0) is 18.0. The van der Waals surface area contributed by atoms with Crippen molar-refractivity contribution in [3.05, 3.63) is 71.4 Å². The van der Waals surface area contributed by atoms with E-state index >= 15 is 0 Å². The standard InChI is InChI=1S/C23H29NO2/c1-2-24-16-21-13-14-22(25-17-19-9-5-3-6-10-19)23(15-21)26-18-20-11-7-4-8-12-20/h5,7,9-15,24H,2-4,6,8,16-18H2,1H3. The first-order chi connectivity index (χ1) is 12.8. The van der Waals surface area contributed by atoms with Crippen molar-refractivity contribution in [3.8, 4) is 11.5 Å². The second kappa shape index (κ2) is 10.0. The Morgan fingerprint density at radius 1 is 0.846 bits per heavy atom. The summed E-state index contributed by atoms with van der Waals surface area (Å²) in [5, 5.41) is 3.36. The van der Waals surface area contributed by atoms with Crippen LogP contribution in [0.5, 0.6) is 11.5 Å². The molecule has 0 spiro atoms. The Hall–Kier alpha value is -2.26. The predicted octanol–water partition coefficient (Wildman–Crippen LogP) is 5.11. The van der Waals surface area contributed by atoms with Gasteiger partial charge in [0, 0.05) is 6.54 Å². The number of nitrogens with one attached hydrogen (secondary N) is 1. The lowest BCUT2D eigenvalue weighted by molar-refractivity contribution is 0.300. The number of benzene rings is 1. The van der Waals surface area contributed by atoms with Crippen LogP contribution in [0.1, 0.15) is 38.2 Å². The van der Waals surface area contributed by atoms with Crippen molar-refractivity contribution in [2.45, 2.75) is 39.2 Å². The normalized spacial score (nSPS) is 16.2. The van der Waals surface area contributed by atoms with Crippen LogP contribution in [0.4, 0.5) is 0 Å². The van der Waals surface area contributed by atoms with E-state index in [1.54, 1.807) is 0 Å². The molecular weight excluding hydrogens is 322 g/mol. The summed E-state index contributed by atoms with van der Waals surface area (Å²) in [6.07, 6.45) is 17.7. The summed E-state index contributed by atoms with van der Waals surface area (Å²) in [5.41, 5.74) is 3.67. The number of hydrogen-bond acceptors (Lipinski definition) is 3. The van der Waals surface area contributed by atoms with E-state index in [-0.39, 0.29) is 0 Å². The average Bonchev–Trinajstić information content (AvgIpc) is 2.71. The van der Waals surface area contributed by atoms with Gasteiger partial charge in [-0.15, -0.1) is 0 Å². The largest absolute Gasteiger partial charge is 0.485 e. The maximum Gasteiger partial charge on any atom is 0.162 e. The summed E-state index contributed by atoms with van der Waals surface area (Å²) in [4.78, 5) is 0. The van der Waals surface area contributed by atoms with Gasteiger partial charge in [-0.1, -0.05) is 49.4 Å². The molecule has 0 bridgehead atoms. The molecule has 1 aromatic carbocycles. The molecule has 3 heteroatoms. The molecular formula is C23H29NO2. The van der Waals surface area contributed by atoms with Crippen molar-refractivity contribution in [3.63, 3.8) is 0 Å². The number of hydrogen-bond donors (Lipinski definition) is 1. The quantitative estimate of drug-likeness (QED) is 0.671. The van der Waals surface area contributed by atoms with Gasteiger partial charge < -0.3 is 14.8 Å². The molecule has 26 heavy (non-hydrogen) atoms. The van der Waals surface area contributed by atoms with Crippen LogP contribution in [0, 0.1) is 0 Å². The summed E-state index contributed by atoms with van der Waals surface area (Å²) in [6, 6.07) is 6.23. The zero-order valence-corrected chi connectivity index (χ0v) is 15.7. The van der Waals surface area contributed by atoms with E-state index in [0.717, 1.165) is 50.3 Å². The molecule has 0 saturated heterocycles. The lowest BCUT2D eigenvalue weighted by atomic mass is 10.1. The molecule has 0 atom stereocenters. The minimum Gasteiger partial charge on any atom is -0.485 e. The highest BCUT2D eigenvalue weighted by Gasteiger charge is 2.09. The van der Waals surface area contributed by atoms with Gasteiger partial charge in [0.2, 0.25) is 0 Å². The van der Waals surface area contributed by atoms with Crippen LogP contribution < -0.4 is 14.8 Å². The summed E-state index contributed by atoms with van der Waals surface area (Å²) in [6.45, 7) is 5.07. The molecule has 0 heterocycles. The molecule has 0 amide bonds. The van der Waals surface area contributed by atoms with Gasteiger partial charge in [0.25, 0.3) is 0 Å². The highest BCUT2D eigenvalue weighted by molar-refractivity contribution is 5.44. The Balaban J connectivity index is 1.68.